The maximum Gasteiger partial charge on any atom is 0.138 e. The Kier molecular flexibility index (Phi) is 6.45. The van der Waals surface area contributed by atoms with Crippen molar-refractivity contribution in [3.05, 3.63) is 64.7 Å². The molecule has 2 aromatic rings. The Labute approximate surface area is 179 Å². The second-order valence-corrected chi connectivity index (χ2v) is 9.11. The van der Waals surface area contributed by atoms with Crippen molar-refractivity contribution < 1.29 is 9.84 Å². The van der Waals surface area contributed by atoms with Crippen LogP contribution in [0.3, 0.4) is 0 Å². The molecule has 29 heavy (non-hydrogen) atoms. The van der Waals surface area contributed by atoms with Crippen LogP contribution < -0.4 is 4.74 Å². The number of halogens is 1. The first kappa shape index (κ1) is 20.7. The van der Waals surface area contributed by atoms with Gasteiger partial charge in [0, 0.05) is 44.7 Å². The molecule has 0 bridgehead atoms. The Hall–Kier alpha value is -1.59. The van der Waals surface area contributed by atoms with Crippen molar-refractivity contribution in [1.82, 2.24) is 9.80 Å². The van der Waals surface area contributed by atoms with E-state index in [2.05, 4.69) is 40.1 Å². The molecule has 0 aromatic heterocycles. The van der Waals surface area contributed by atoms with E-state index in [1.165, 1.54) is 5.56 Å². The summed E-state index contributed by atoms with van der Waals surface area (Å²) in [4.78, 5) is 4.98. The van der Waals surface area contributed by atoms with Gasteiger partial charge < -0.3 is 14.7 Å². The molecule has 1 N–H and O–H groups in total. The van der Waals surface area contributed by atoms with Crippen LogP contribution in [0.25, 0.3) is 0 Å². The summed E-state index contributed by atoms with van der Waals surface area (Å²) >= 11 is 6.23. The van der Waals surface area contributed by atoms with E-state index < -0.39 is 0 Å². The molecule has 2 saturated heterocycles. The number of aliphatic hydroxyl groups is 1. The molecule has 2 heterocycles. The molecule has 0 spiro atoms. The molecule has 2 fully saturated rings. The van der Waals surface area contributed by atoms with Crippen molar-refractivity contribution in [3.8, 4) is 5.75 Å². The number of rotatable bonds is 8. The summed E-state index contributed by atoms with van der Waals surface area (Å²) in [7, 11) is 0. The molecule has 2 aromatic carbocycles. The number of aliphatic hydroxyl groups excluding tert-OH is 1. The number of aryl methyl sites for hydroxylation is 1. The molecular weight excluding hydrogens is 384 g/mol. The lowest BCUT2D eigenvalue weighted by atomic mass is 9.82. The molecule has 4 rings (SSSR count). The first-order valence-electron chi connectivity index (χ1n) is 10.6. The second-order valence-electron chi connectivity index (χ2n) is 8.71. The Morgan fingerprint density at radius 1 is 1.07 bits per heavy atom. The van der Waals surface area contributed by atoms with Crippen LogP contribution in [-0.2, 0) is 6.42 Å². The van der Waals surface area contributed by atoms with Crippen molar-refractivity contribution >= 4 is 11.6 Å². The summed E-state index contributed by atoms with van der Waals surface area (Å²) in [5.74, 6) is 1.29. The Balaban J connectivity index is 1.26. The predicted molar refractivity (Wildman–Crippen MR) is 118 cm³/mol. The first-order valence-corrected chi connectivity index (χ1v) is 10.9. The van der Waals surface area contributed by atoms with Gasteiger partial charge in [-0.2, -0.15) is 0 Å². The number of nitrogens with zero attached hydrogens (tertiary/aromatic N) is 2. The third-order valence-electron chi connectivity index (χ3n) is 6.53. The topological polar surface area (TPSA) is 35.9 Å². The van der Waals surface area contributed by atoms with Crippen LogP contribution in [0.4, 0.5) is 0 Å². The number of ether oxygens (including phenoxy) is 1. The van der Waals surface area contributed by atoms with Crippen LogP contribution in [0.2, 0.25) is 5.02 Å². The molecule has 0 radical (unpaired) electrons. The maximum absolute atomic E-state index is 10.2. The quantitative estimate of drug-likeness (QED) is 0.717. The zero-order valence-electron chi connectivity index (χ0n) is 17.2. The summed E-state index contributed by atoms with van der Waals surface area (Å²) in [6.45, 7) is 8.91. The average Bonchev–Trinajstić information content (AvgIpc) is 3.23. The third kappa shape index (κ3) is 4.77. The normalized spacial score (nSPS) is 24.7. The lowest BCUT2D eigenvalue weighted by Crippen LogP contribution is -2.38. The van der Waals surface area contributed by atoms with E-state index in [9.17, 15) is 5.11 Å². The van der Waals surface area contributed by atoms with Crippen molar-refractivity contribution in [2.24, 2.45) is 11.3 Å². The Bertz CT molecular complexity index is 816. The maximum atomic E-state index is 10.2. The van der Waals surface area contributed by atoms with Gasteiger partial charge in [0.1, 0.15) is 12.4 Å². The van der Waals surface area contributed by atoms with E-state index in [0.29, 0.717) is 17.5 Å². The van der Waals surface area contributed by atoms with E-state index in [-0.39, 0.29) is 12.0 Å². The molecule has 0 aliphatic carbocycles. The van der Waals surface area contributed by atoms with Gasteiger partial charge in [-0.15, -0.1) is 0 Å². The minimum atomic E-state index is 0.0116. The molecule has 4 nitrogen and oxygen atoms in total. The van der Waals surface area contributed by atoms with Crippen molar-refractivity contribution in [2.45, 2.75) is 13.3 Å². The van der Waals surface area contributed by atoms with Crippen molar-refractivity contribution in [2.75, 3.05) is 52.5 Å². The minimum Gasteiger partial charge on any atom is -0.491 e. The SMILES string of the molecule is Cc1ccc(Cl)c(OCCN2CC3CN(CCc4ccccc4)CC3(CO)C2)c1. The highest BCUT2D eigenvalue weighted by Crippen LogP contribution is 2.42. The van der Waals surface area contributed by atoms with Crippen LogP contribution in [0.5, 0.6) is 5.75 Å². The van der Waals surface area contributed by atoms with Gasteiger partial charge in [0.15, 0.2) is 0 Å². The van der Waals surface area contributed by atoms with E-state index in [1.54, 1.807) is 0 Å². The molecule has 5 heteroatoms. The summed E-state index contributed by atoms with van der Waals surface area (Å²) in [5, 5.41) is 10.9. The largest absolute Gasteiger partial charge is 0.491 e. The van der Waals surface area contributed by atoms with Gasteiger partial charge in [-0.05, 0) is 42.5 Å². The lowest BCUT2D eigenvalue weighted by Gasteiger charge is -2.27. The van der Waals surface area contributed by atoms with Crippen LogP contribution >= 0.6 is 11.6 Å². The minimum absolute atomic E-state index is 0.0116. The van der Waals surface area contributed by atoms with Crippen LogP contribution in [0.15, 0.2) is 48.5 Å². The Morgan fingerprint density at radius 3 is 2.48 bits per heavy atom. The smallest absolute Gasteiger partial charge is 0.138 e. The highest BCUT2D eigenvalue weighted by molar-refractivity contribution is 6.32. The number of benzene rings is 2. The van der Waals surface area contributed by atoms with Crippen LogP contribution in [0, 0.1) is 18.3 Å². The fraction of sp³-hybridized carbons (Fsp3) is 0.500. The fourth-order valence-corrected chi connectivity index (χ4v) is 5.08. The summed E-state index contributed by atoms with van der Waals surface area (Å²) < 4.78 is 5.93. The molecule has 2 aliphatic rings. The molecule has 2 aliphatic heterocycles. The predicted octanol–water partition coefficient (Wildman–Crippen LogP) is 3.50. The first-order chi connectivity index (χ1) is 14.1. The Morgan fingerprint density at radius 2 is 1.79 bits per heavy atom. The third-order valence-corrected chi connectivity index (χ3v) is 6.84. The number of hydrogen-bond acceptors (Lipinski definition) is 4. The lowest BCUT2D eigenvalue weighted by molar-refractivity contribution is 0.110. The zero-order chi connectivity index (χ0) is 20.3. The molecule has 2 atom stereocenters. The second kappa shape index (κ2) is 9.05. The summed E-state index contributed by atoms with van der Waals surface area (Å²) in [6, 6.07) is 16.5. The molecular formula is C24H31ClN2O2. The molecule has 0 amide bonds. The van der Waals surface area contributed by atoms with Gasteiger partial charge in [-0.1, -0.05) is 48.0 Å². The number of fused-ring (bicyclic) bond motifs is 1. The van der Waals surface area contributed by atoms with Gasteiger partial charge in [-0.3, -0.25) is 4.90 Å². The standard InChI is InChI=1S/C24H31ClN2O2/c1-19-7-8-22(25)23(13-19)29-12-11-27-15-21-14-26(16-24(21,17-27)18-28)10-9-20-5-3-2-4-6-20/h2-8,13,21,28H,9-12,14-18H2,1H3. The number of hydrogen-bond donors (Lipinski definition) is 1. The molecule has 156 valence electrons. The average molecular weight is 415 g/mol. The van der Waals surface area contributed by atoms with Gasteiger partial charge in [0.25, 0.3) is 0 Å². The van der Waals surface area contributed by atoms with Crippen molar-refractivity contribution in [3.63, 3.8) is 0 Å². The molecule has 0 saturated carbocycles. The fourth-order valence-electron chi connectivity index (χ4n) is 4.90. The van der Waals surface area contributed by atoms with Gasteiger partial charge in [-0.25, -0.2) is 0 Å². The van der Waals surface area contributed by atoms with Crippen molar-refractivity contribution in [1.29, 1.82) is 0 Å². The van der Waals surface area contributed by atoms with E-state index in [0.717, 1.165) is 57.0 Å². The van der Waals surface area contributed by atoms with E-state index in [1.807, 2.05) is 25.1 Å². The van der Waals surface area contributed by atoms with Gasteiger partial charge in [0.2, 0.25) is 0 Å². The highest BCUT2D eigenvalue weighted by Gasteiger charge is 2.51. The number of likely N-dealkylation sites (tertiary alicyclic amines) is 2. The zero-order valence-corrected chi connectivity index (χ0v) is 17.9. The molecule has 2 unspecified atom stereocenters. The van der Waals surface area contributed by atoms with Gasteiger partial charge in [0.05, 0.1) is 11.6 Å². The van der Waals surface area contributed by atoms with Crippen LogP contribution in [0.1, 0.15) is 11.1 Å². The van der Waals surface area contributed by atoms with E-state index >= 15 is 0 Å². The highest BCUT2D eigenvalue weighted by atomic mass is 35.5. The summed E-state index contributed by atoms with van der Waals surface area (Å²) in [6.07, 6.45) is 1.07. The van der Waals surface area contributed by atoms with Crippen LogP contribution in [-0.4, -0.2) is 67.4 Å². The van der Waals surface area contributed by atoms with Gasteiger partial charge >= 0.3 is 0 Å². The van der Waals surface area contributed by atoms with E-state index in [4.69, 9.17) is 16.3 Å². The summed E-state index contributed by atoms with van der Waals surface area (Å²) in [5.41, 5.74) is 2.55. The monoisotopic (exact) mass is 414 g/mol.